The molecule has 1 aromatic rings. The van der Waals surface area contributed by atoms with Gasteiger partial charge in [0.2, 0.25) is 5.09 Å². The second-order valence-electron chi connectivity index (χ2n) is 6.00. The first kappa shape index (κ1) is 21.9. The Morgan fingerprint density at radius 1 is 1.48 bits per heavy atom. The zero-order chi connectivity index (χ0) is 17.1. The van der Waals surface area contributed by atoms with Crippen LogP contribution in [0.15, 0.2) is 15.6 Å². The summed E-state index contributed by atoms with van der Waals surface area (Å²) in [7, 11) is -2.71. The van der Waals surface area contributed by atoms with Crippen LogP contribution in [-0.2, 0) is 14.8 Å². The highest BCUT2D eigenvalue weighted by molar-refractivity contribution is 7.89. The number of halogens is 1. The van der Waals surface area contributed by atoms with E-state index >= 15 is 0 Å². The molecule has 0 aliphatic rings. The molecule has 0 aliphatic carbocycles. The average molecular weight is 369 g/mol. The van der Waals surface area contributed by atoms with E-state index in [1.165, 1.54) is 14.0 Å². The summed E-state index contributed by atoms with van der Waals surface area (Å²) >= 11 is 0. The number of hydrogen-bond acceptors (Lipinski definition) is 6. The maximum absolute atomic E-state index is 12.5. The number of aryl methyl sites for hydroxylation is 1. The molecule has 0 fully saturated rings. The molecule has 1 rings (SSSR count). The van der Waals surface area contributed by atoms with Crippen molar-refractivity contribution in [2.24, 2.45) is 11.7 Å². The van der Waals surface area contributed by atoms with Gasteiger partial charge in [-0.2, -0.15) is 0 Å². The zero-order valence-corrected chi connectivity index (χ0v) is 15.6. The van der Waals surface area contributed by atoms with E-state index in [0.29, 0.717) is 6.42 Å². The number of ether oxygens (including phenoxy) is 1. The van der Waals surface area contributed by atoms with Crippen molar-refractivity contribution in [2.45, 2.75) is 44.7 Å². The molecule has 3 N–H and O–H groups in total. The average Bonchev–Trinajstić information content (AvgIpc) is 2.79. The molecule has 1 atom stereocenters. The van der Waals surface area contributed by atoms with Gasteiger partial charge < -0.3 is 14.9 Å². The third-order valence-corrected chi connectivity index (χ3v) is 4.75. The smallest absolute Gasteiger partial charge is 0.341 e. The number of esters is 1. The molecular formula is C14H25ClN2O5S. The van der Waals surface area contributed by atoms with Gasteiger partial charge in [-0.1, -0.05) is 13.8 Å². The Morgan fingerprint density at radius 3 is 2.48 bits per heavy atom. The first-order valence-corrected chi connectivity index (χ1v) is 8.46. The maximum atomic E-state index is 12.5. The molecule has 0 bridgehead atoms. The van der Waals surface area contributed by atoms with Gasteiger partial charge in [0.25, 0.3) is 10.0 Å². The van der Waals surface area contributed by atoms with Gasteiger partial charge in [0.15, 0.2) is 0 Å². The number of carbonyl (C=O) groups is 1. The van der Waals surface area contributed by atoms with Gasteiger partial charge in [-0.15, -0.1) is 12.4 Å². The highest BCUT2D eigenvalue weighted by Crippen LogP contribution is 2.23. The minimum atomic E-state index is -3.92. The van der Waals surface area contributed by atoms with E-state index < -0.39 is 21.5 Å². The molecule has 0 amide bonds. The number of carbonyl (C=O) groups excluding carboxylic acids is 1. The number of nitrogens with one attached hydrogen (secondary N) is 1. The molecule has 23 heavy (non-hydrogen) atoms. The first-order chi connectivity index (χ1) is 10.0. The number of hydrogen-bond donors (Lipinski definition) is 2. The quantitative estimate of drug-likeness (QED) is 0.710. The lowest BCUT2D eigenvalue weighted by Gasteiger charge is -2.30. The van der Waals surface area contributed by atoms with E-state index in [2.05, 4.69) is 9.46 Å². The third kappa shape index (κ3) is 5.49. The topological polar surface area (TPSA) is 112 Å². The molecule has 0 spiro atoms. The Hall–Kier alpha value is -1.09. The maximum Gasteiger partial charge on any atom is 0.341 e. The predicted octanol–water partition coefficient (Wildman–Crippen LogP) is 1.84. The number of furan rings is 1. The number of nitrogens with two attached hydrogens (primary N) is 1. The molecular weight excluding hydrogens is 344 g/mol. The summed E-state index contributed by atoms with van der Waals surface area (Å²) in [6, 6.07) is 1.16. The predicted molar refractivity (Wildman–Crippen MR) is 89.3 cm³/mol. The first-order valence-electron chi connectivity index (χ1n) is 6.97. The zero-order valence-electron chi connectivity index (χ0n) is 14.0. The molecule has 1 heterocycles. The van der Waals surface area contributed by atoms with Crippen molar-refractivity contribution < 1.29 is 22.4 Å². The molecule has 1 aromatic heterocycles. The molecule has 1 unspecified atom stereocenters. The Balaban J connectivity index is 0.00000484. The molecule has 0 aliphatic heterocycles. The van der Waals surface area contributed by atoms with Crippen molar-refractivity contribution in [1.29, 1.82) is 0 Å². The minimum Gasteiger partial charge on any atom is -0.465 e. The van der Waals surface area contributed by atoms with Crippen LogP contribution in [0.5, 0.6) is 0 Å². The molecule has 9 heteroatoms. The lowest BCUT2D eigenvalue weighted by atomic mass is 9.92. The van der Waals surface area contributed by atoms with Gasteiger partial charge >= 0.3 is 5.97 Å². The fourth-order valence-electron chi connectivity index (χ4n) is 2.34. The summed E-state index contributed by atoms with van der Waals surface area (Å²) in [5.74, 6) is -0.197. The summed E-state index contributed by atoms with van der Waals surface area (Å²) in [5, 5.41) is -0.325. The largest absolute Gasteiger partial charge is 0.465 e. The number of methoxy groups -OCH3 is 1. The monoisotopic (exact) mass is 368 g/mol. The van der Waals surface area contributed by atoms with Gasteiger partial charge in [-0.05, 0) is 26.2 Å². The highest BCUT2D eigenvalue weighted by atomic mass is 35.5. The molecule has 0 saturated carbocycles. The van der Waals surface area contributed by atoms with Crippen LogP contribution in [0.3, 0.4) is 0 Å². The highest BCUT2D eigenvalue weighted by Gasteiger charge is 2.33. The van der Waals surface area contributed by atoms with Crippen LogP contribution in [-0.4, -0.2) is 33.6 Å². The van der Waals surface area contributed by atoms with Crippen LogP contribution in [0, 0.1) is 12.8 Å². The second kappa shape index (κ2) is 8.14. The summed E-state index contributed by atoms with van der Waals surface area (Å²) in [5.41, 5.74) is 5.01. The molecule has 0 saturated heterocycles. The molecule has 0 aromatic carbocycles. The van der Waals surface area contributed by atoms with Crippen LogP contribution in [0.1, 0.15) is 43.3 Å². The summed E-state index contributed by atoms with van der Waals surface area (Å²) in [6.07, 6.45) is 0.576. The van der Waals surface area contributed by atoms with Crippen molar-refractivity contribution in [2.75, 3.05) is 13.7 Å². The Bertz CT molecular complexity index is 642. The molecule has 7 nitrogen and oxygen atoms in total. The van der Waals surface area contributed by atoms with Crippen LogP contribution in [0.2, 0.25) is 0 Å². The standard InChI is InChI=1S/C14H24N2O5S.ClH/c1-9(2)7-14(4,8-15)16-22(18,19)12-6-11(10(3)21-12)13(17)20-5;/h6,9,16H,7-8,15H2,1-5H3;1H. The van der Waals surface area contributed by atoms with Gasteiger partial charge in [-0.3, -0.25) is 0 Å². The van der Waals surface area contributed by atoms with Crippen LogP contribution >= 0.6 is 12.4 Å². The van der Waals surface area contributed by atoms with Gasteiger partial charge in [-0.25, -0.2) is 17.9 Å². The Kier molecular flexibility index (Phi) is 7.75. The lowest BCUT2D eigenvalue weighted by Crippen LogP contribution is -2.51. The second-order valence-corrected chi connectivity index (χ2v) is 7.61. The van der Waals surface area contributed by atoms with Crippen molar-refractivity contribution >= 4 is 28.4 Å². The van der Waals surface area contributed by atoms with E-state index in [9.17, 15) is 13.2 Å². The van der Waals surface area contributed by atoms with Crippen LogP contribution in [0.25, 0.3) is 0 Å². The van der Waals surface area contributed by atoms with Crippen molar-refractivity contribution in [1.82, 2.24) is 4.72 Å². The summed E-state index contributed by atoms with van der Waals surface area (Å²) in [4.78, 5) is 11.5. The third-order valence-electron chi connectivity index (χ3n) is 3.26. The summed E-state index contributed by atoms with van der Waals surface area (Å²) < 4.78 is 37.3. The number of rotatable bonds is 7. The van der Waals surface area contributed by atoms with E-state index in [-0.39, 0.29) is 41.3 Å². The number of sulfonamides is 1. The Morgan fingerprint density at radius 2 is 2.04 bits per heavy atom. The van der Waals surface area contributed by atoms with Crippen molar-refractivity contribution in [3.8, 4) is 0 Å². The van der Waals surface area contributed by atoms with Crippen LogP contribution in [0.4, 0.5) is 0 Å². The fourth-order valence-corrected chi connectivity index (χ4v) is 3.77. The van der Waals surface area contributed by atoms with E-state index in [4.69, 9.17) is 10.2 Å². The lowest BCUT2D eigenvalue weighted by molar-refractivity contribution is 0.0598. The van der Waals surface area contributed by atoms with Gasteiger partial charge in [0.1, 0.15) is 11.3 Å². The van der Waals surface area contributed by atoms with Gasteiger partial charge in [0, 0.05) is 18.2 Å². The SMILES string of the molecule is COC(=O)c1cc(S(=O)(=O)NC(C)(CN)CC(C)C)oc1C.Cl. The minimum absolute atomic E-state index is 0. The molecule has 0 radical (unpaired) electrons. The normalized spacial score (nSPS) is 14.2. The Labute approximate surface area is 143 Å². The van der Waals surface area contributed by atoms with Crippen LogP contribution < -0.4 is 10.5 Å². The van der Waals surface area contributed by atoms with E-state index in [0.717, 1.165) is 6.07 Å². The van der Waals surface area contributed by atoms with Crippen molar-refractivity contribution in [3.05, 3.63) is 17.4 Å². The summed E-state index contributed by atoms with van der Waals surface area (Å²) in [6.45, 7) is 7.35. The fraction of sp³-hybridized carbons (Fsp3) is 0.643. The van der Waals surface area contributed by atoms with E-state index in [1.807, 2.05) is 13.8 Å². The molecule has 134 valence electrons. The van der Waals surface area contributed by atoms with Gasteiger partial charge in [0.05, 0.1) is 7.11 Å². The van der Waals surface area contributed by atoms with Crippen molar-refractivity contribution in [3.63, 3.8) is 0 Å². The van der Waals surface area contributed by atoms with E-state index in [1.54, 1.807) is 6.92 Å².